The van der Waals surface area contributed by atoms with Crippen molar-refractivity contribution in [1.82, 2.24) is 0 Å². The van der Waals surface area contributed by atoms with Gasteiger partial charge >= 0.3 is 11.8 Å². The highest BCUT2D eigenvalue weighted by molar-refractivity contribution is 7.98. The number of hydrogen-bond donors (Lipinski definition) is 2. The van der Waals surface area contributed by atoms with E-state index < -0.39 is 11.8 Å². The van der Waals surface area contributed by atoms with E-state index in [4.69, 9.17) is 4.74 Å². The first kappa shape index (κ1) is 15.9. The summed E-state index contributed by atoms with van der Waals surface area (Å²) in [5.41, 5.74) is 1.11. The first-order chi connectivity index (χ1) is 10.6. The molecule has 0 fully saturated rings. The molecule has 0 bridgehead atoms. The number of anilines is 2. The summed E-state index contributed by atoms with van der Waals surface area (Å²) in [5, 5.41) is 5.10. The van der Waals surface area contributed by atoms with Gasteiger partial charge in [-0.05, 0) is 48.7 Å². The lowest BCUT2D eigenvalue weighted by molar-refractivity contribution is -0.133. The molecule has 2 aromatic carbocycles. The number of methoxy groups -OCH3 is 1. The van der Waals surface area contributed by atoms with E-state index in [0.29, 0.717) is 17.1 Å². The summed E-state index contributed by atoms with van der Waals surface area (Å²) >= 11 is 1.56. The van der Waals surface area contributed by atoms with E-state index in [1.165, 1.54) is 0 Å². The SMILES string of the molecule is COc1ccc(NC(=O)C(=O)Nc2cccc(SC)c2)cc1. The highest BCUT2D eigenvalue weighted by atomic mass is 32.2. The van der Waals surface area contributed by atoms with Crippen molar-refractivity contribution >= 4 is 35.0 Å². The second-order valence-electron chi connectivity index (χ2n) is 4.37. The minimum atomic E-state index is -0.722. The standard InChI is InChI=1S/C16H16N2O3S/c1-21-13-8-6-11(7-9-13)17-15(19)16(20)18-12-4-3-5-14(10-12)22-2/h3-10H,1-2H3,(H,17,19)(H,18,20). The van der Waals surface area contributed by atoms with Crippen molar-refractivity contribution in [2.75, 3.05) is 24.0 Å². The van der Waals surface area contributed by atoms with Crippen LogP contribution in [-0.2, 0) is 9.59 Å². The Kier molecular flexibility index (Phi) is 5.43. The fourth-order valence-electron chi connectivity index (χ4n) is 1.75. The van der Waals surface area contributed by atoms with Gasteiger partial charge in [0.25, 0.3) is 0 Å². The molecule has 0 aliphatic rings. The van der Waals surface area contributed by atoms with Gasteiger partial charge in [-0.15, -0.1) is 11.8 Å². The molecule has 0 aliphatic carbocycles. The molecular formula is C16H16N2O3S. The molecule has 0 saturated carbocycles. The van der Waals surface area contributed by atoms with Gasteiger partial charge in [0.2, 0.25) is 0 Å². The molecule has 0 saturated heterocycles. The molecule has 5 nitrogen and oxygen atoms in total. The van der Waals surface area contributed by atoms with Gasteiger partial charge in [0, 0.05) is 16.3 Å². The fraction of sp³-hybridized carbons (Fsp3) is 0.125. The largest absolute Gasteiger partial charge is 0.497 e. The van der Waals surface area contributed by atoms with Crippen molar-refractivity contribution in [3.05, 3.63) is 48.5 Å². The van der Waals surface area contributed by atoms with E-state index in [9.17, 15) is 9.59 Å². The molecule has 22 heavy (non-hydrogen) atoms. The number of carbonyl (C=O) groups excluding carboxylic acids is 2. The predicted octanol–water partition coefficient (Wildman–Crippen LogP) is 2.99. The van der Waals surface area contributed by atoms with E-state index in [2.05, 4.69) is 10.6 Å². The number of nitrogens with one attached hydrogen (secondary N) is 2. The van der Waals surface area contributed by atoms with Gasteiger partial charge in [0.15, 0.2) is 0 Å². The van der Waals surface area contributed by atoms with Gasteiger partial charge in [-0.2, -0.15) is 0 Å². The lowest BCUT2D eigenvalue weighted by atomic mass is 10.3. The summed E-state index contributed by atoms with van der Waals surface area (Å²) < 4.78 is 5.03. The van der Waals surface area contributed by atoms with E-state index in [-0.39, 0.29) is 0 Å². The lowest BCUT2D eigenvalue weighted by Gasteiger charge is -2.08. The van der Waals surface area contributed by atoms with Crippen molar-refractivity contribution < 1.29 is 14.3 Å². The molecule has 0 radical (unpaired) electrons. The zero-order valence-electron chi connectivity index (χ0n) is 12.3. The van der Waals surface area contributed by atoms with Crippen LogP contribution in [0.4, 0.5) is 11.4 Å². The summed E-state index contributed by atoms with van der Waals surface area (Å²) in [4.78, 5) is 24.8. The molecule has 2 N–H and O–H groups in total. The average molecular weight is 316 g/mol. The molecule has 2 amide bonds. The number of thioether (sulfide) groups is 1. The number of benzene rings is 2. The first-order valence-corrected chi connectivity index (χ1v) is 7.75. The third kappa shape index (κ3) is 4.26. The minimum Gasteiger partial charge on any atom is -0.497 e. The molecule has 2 rings (SSSR count). The maximum absolute atomic E-state index is 11.9. The Hall–Kier alpha value is -2.47. The summed E-state index contributed by atoms with van der Waals surface area (Å²) in [6.07, 6.45) is 1.94. The number of ether oxygens (including phenoxy) is 1. The zero-order chi connectivity index (χ0) is 15.9. The van der Waals surface area contributed by atoms with Crippen molar-refractivity contribution in [1.29, 1.82) is 0 Å². The molecule has 2 aromatic rings. The Morgan fingerprint density at radius 3 is 2.18 bits per heavy atom. The normalized spacial score (nSPS) is 9.91. The van der Waals surface area contributed by atoms with Crippen LogP contribution in [0, 0.1) is 0 Å². The molecular weight excluding hydrogens is 300 g/mol. The molecule has 0 aliphatic heterocycles. The van der Waals surface area contributed by atoms with Crippen LogP contribution >= 0.6 is 11.8 Å². The zero-order valence-corrected chi connectivity index (χ0v) is 13.1. The number of amides is 2. The monoisotopic (exact) mass is 316 g/mol. The Balaban J connectivity index is 1.97. The van der Waals surface area contributed by atoms with Gasteiger partial charge in [-0.3, -0.25) is 9.59 Å². The van der Waals surface area contributed by atoms with Crippen LogP contribution in [0.5, 0.6) is 5.75 Å². The molecule has 6 heteroatoms. The highest BCUT2D eigenvalue weighted by Gasteiger charge is 2.14. The third-order valence-corrected chi connectivity index (χ3v) is 3.61. The molecule has 0 heterocycles. The Bertz CT molecular complexity index is 671. The quantitative estimate of drug-likeness (QED) is 0.672. The maximum atomic E-state index is 11.9. The second kappa shape index (κ2) is 7.51. The molecule has 114 valence electrons. The first-order valence-electron chi connectivity index (χ1n) is 6.53. The Morgan fingerprint density at radius 2 is 1.59 bits per heavy atom. The Labute approximate surface area is 133 Å². The van der Waals surface area contributed by atoms with Crippen LogP contribution in [0.2, 0.25) is 0 Å². The smallest absolute Gasteiger partial charge is 0.314 e. The summed E-state index contributed by atoms with van der Waals surface area (Å²) in [6.45, 7) is 0. The van der Waals surface area contributed by atoms with Gasteiger partial charge in [0.05, 0.1) is 7.11 Å². The van der Waals surface area contributed by atoms with Crippen LogP contribution in [0.15, 0.2) is 53.4 Å². The van der Waals surface area contributed by atoms with Gasteiger partial charge < -0.3 is 15.4 Å². The molecule has 0 spiro atoms. The number of hydrogen-bond acceptors (Lipinski definition) is 4. The predicted molar refractivity (Wildman–Crippen MR) is 88.5 cm³/mol. The fourth-order valence-corrected chi connectivity index (χ4v) is 2.21. The Morgan fingerprint density at radius 1 is 0.955 bits per heavy atom. The molecule has 0 atom stereocenters. The van der Waals surface area contributed by atoms with Crippen LogP contribution in [0.1, 0.15) is 0 Å². The minimum absolute atomic E-state index is 0.527. The number of carbonyl (C=O) groups is 2. The van der Waals surface area contributed by atoms with Gasteiger partial charge in [-0.1, -0.05) is 6.07 Å². The van der Waals surface area contributed by atoms with Gasteiger partial charge in [-0.25, -0.2) is 0 Å². The average Bonchev–Trinajstić information content (AvgIpc) is 2.55. The summed E-state index contributed by atoms with van der Waals surface area (Å²) in [6, 6.07) is 14.0. The molecule has 0 aromatic heterocycles. The third-order valence-electron chi connectivity index (χ3n) is 2.88. The summed E-state index contributed by atoms with van der Waals surface area (Å²) in [5.74, 6) is -0.759. The molecule has 0 unspecified atom stereocenters. The maximum Gasteiger partial charge on any atom is 0.314 e. The number of rotatable bonds is 4. The van der Waals surface area contributed by atoms with Crippen molar-refractivity contribution in [3.63, 3.8) is 0 Å². The second-order valence-corrected chi connectivity index (χ2v) is 5.25. The van der Waals surface area contributed by atoms with Crippen LogP contribution < -0.4 is 15.4 Å². The topological polar surface area (TPSA) is 67.4 Å². The van der Waals surface area contributed by atoms with Crippen molar-refractivity contribution in [2.24, 2.45) is 0 Å². The van der Waals surface area contributed by atoms with E-state index in [1.807, 2.05) is 24.5 Å². The van der Waals surface area contributed by atoms with E-state index >= 15 is 0 Å². The van der Waals surface area contributed by atoms with Crippen LogP contribution in [0.3, 0.4) is 0 Å². The van der Waals surface area contributed by atoms with Gasteiger partial charge in [0.1, 0.15) is 5.75 Å². The highest BCUT2D eigenvalue weighted by Crippen LogP contribution is 2.19. The van der Waals surface area contributed by atoms with E-state index in [1.54, 1.807) is 49.2 Å². The van der Waals surface area contributed by atoms with Crippen molar-refractivity contribution in [3.8, 4) is 5.75 Å². The van der Waals surface area contributed by atoms with Crippen LogP contribution in [-0.4, -0.2) is 25.2 Å². The summed E-state index contributed by atoms with van der Waals surface area (Å²) in [7, 11) is 1.56. The van der Waals surface area contributed by atoms with Crippen LogP contribution in [0.25, 0.3) is 0 Å². The lowest BCUT2D eigenvalue weighted by Crippen LogP contribution is -2.29. The van der Waals surface area contributed by atoms with E-state index in [0.717, 1.165) is 4.90 Å². The van der Waals surface area contributed by atoms with Crippen molar-refractivity contribution in [2.45, 2.75) is 4.90 Å².